The number of unbranched alkanes of at least 4 members (excludes halogenated alkanes) is 4. The van der Waals surface area contributed by atoms with Gasteiger partial charge >= 0.3 is 0 Å². The highest BCUT2D eigenvalue weighted by Gasteiger charge is 2.22. The molecule has 196 valence electrons. The Hall–Kier alpha value is -2.96. The smallest absolute Gasteiger partial charge is 0.194 e. The molecule has 0 radical (unpaired) electrons. The van der Waals surface area contributed by atoms with Crippen LogP contribution in [0.15, 0.2) is 66.8 Å². The summed E-state index contributed by atoms with van der Waals surface area (Å²) in [5.41, 5.74) is 4.59. The zero-order valence-electron chi connectivity index (χ0n) is 22.8. The van der Waals surface area contributed by atoms with E-state index < -0.39 is 0 Å². The van der Waals surface area contributed by atoms with E-state index in [-0.39, 0.29) is 0 Å². The summed E-state index contributed by atoms with van der Waals surface area (Å²) in [6, 6.07) is 10.6. The Morgan fingerprint density at radius 3 is 2.65 bits per heavy atom. The highest BCUT2D eigenvalue weighted by molar-refractivity contribution is 7.19. The summed E-state index contributed by atoms with van der Waals surface area (Å²) in [5.74, 6) is 0.904. The van der Waals surface area contributed by atoms with Crippen LogP contribution in [0.5, 0.6) is 0 Å². The minimum Gasteiger partial charge on any atom is -0.482 e. The quantitative estimate of drug-likeness (QED) is 0.173. The van der Waals surface area contributed by atoms with Crippen LogP contribution in [-0.4, -0.2) is 55.3 Å². The first kappa shape index (κ1) is 27.1. The molecule has 0 saturated carbocycles. The van der Waals surface area contributed by atoms with Gasteiger partial charge in [-0.1, -0.05) is 50.1 Å². The van der Waals surface area contributed by atoms with Gasteiger partial charge in [-0.25, -0.2) is 4.98 Å². The molecule has 1 aromatic carbocycles. The summed E-state index contributed by atoms with van der Waals surface area (Å²) < 4.78 is 8.11. The molecular weight excluding hydrogens is 476 g/mol. The molecule has 6 heteroatoms. The fraction of sp³-hybridized carbons (Fsp3) is 0.419. The number of nitrogens with zero attached hydrogens (tertiary/aromatic N) is 4. The predicted molar refractivity (Wildman–Crippen MR) is 159 cm³/mol. The topological polar surface area (TPSA) is 38.2 Å². The number of pyridine rings is 1. The summed E-state index contributed by atoms with van der Waals surface area (Å²) in [5, 5.41) is 0.981. The molecular formula is C31H41N4OS+. The summed E-state index contributed by atoms with van der Waals surface area (Å²) in [4.78, 5) is 11.2. The predicted octanol–water partition coefficient (Wildman–Crippen LogP) is 7.53. The van der Waals surface area contributed by atoms with E-state index in [0.717, 1.165) is 44.1 Å². The number of rotatable bonds is 13. The van der Waals surface area contributed by atoms with E-state index in [0.29, 0.717) is 0 Å². The van der Waals surface area contributed by atoms with Gasteiger partial charge in [0.15, 0.2) is 5.88 Å². The van der Waals surface area contributed by atoms with Crippen molar-refractivity contribution < 1.29 is 9.22 Å². The van der Waals surface area contributed by atoms with E-state index >= 15 is 0 Å². The first-order valence-corrected chi connectivity index (χ1v) is 14.4. The number of methoxy groups -OCH3 is 1. The average Bonchev–Trinajstić information content (AvgIpc) is 3.33. The lowest BCUT2D eigenvalue weighted by Gasteiger charge is -2.32. The normalized spacial score (nSPS) is 15.0. The molecule has 2 aromatic heterocycles. The number of anilines is 1. The van der Waals surface area contributed by atoms with Crippen LogP contribution in [0.2, 0.25) is 0 Å². The summed E-state index contributed by atoms with van der Waals surface area (Å²) in [6.45, 7) is 5.80. The van der Waals surface area contributed by atoms with Gasteiger partial charge in [0, 0.05) is 30.6 Å². The number of allylic oxidation sites excluding steroid dienone is 4. The van der Waals surface area contributed by atoms with Crippen LogP contribution in [0, 0.1) is 0 Å². The molecule has 0 atom stereocenters. The van der Waals surface area contributed by atoms with Gasteiger partial charge in [0.2, 0.25) is 0 Å². The summed E-state index contributed by atoms with van der Waals surface area (Å²) in [6.07, 6.45) is 19.7. The van der Waals surface area contributed by atoms with E-state index in [9.17, 15) is 0 Å². The first-order chi connectivity index (χ1) is 18.0. The molecule has 0 fully saturated rings. The fourth-order valence-electron chi connectivity index (χ4n) is 4.86. The average molecular weight is 518 g/mol. The van der Waals surface area contributed by atoms with Crippen LogP contribution in [0.4, 0.5) is 5.69 Å². The third kappa shape index (κ3) is 7.30. The number of aromatic nitrogens is 2. The Kier molecular flexibility index (Phi) is 9.53. The van der Waals surface area contributed by atoms with Crippen molar-refractivity contribution in [3.8, 4) is 0 Å². The Balaban J connectivity index is 1.38. The van der Waals surface area contributed by atoms with Crippen molar-refractivity contribution in [3.63, 3.8) is 0 Å². The van der Waals surface area contributed by atoms with Crippen LogP contribution in [0.1, 0.15) is 56.0 Å². The van der Waals surface area contributed by atoms with Gasteiger partial charge in [-0.15, -0.1) is 11.3 Å². The van der Waals surface area contributed by atoms with E-state index in [2.05, 4.69) is 84.5 Å². The lowest BCUT2D eigenvalue weighted by molar-refractivity contribution is -0.890. The van der Waals surface area contributed by atoms with E-state index in [1.165, 1.54) is 56.4 Å². The molecule has 1 aliphatic heterocycles. The maximum absolute atomic E-state index is 5.86. The van der Waals surface area contributed by atoms with E-state index in [1.54, 1.807) is 24.6 Å². The highest BCUT2D eigenvalue weighted by Crippen LogP contribution is 2.36. The Morgan fingerprint density at radius 1 is 1.03 bits per heavy atom. The van der Waals surface area contributed by atoms with Gasteiger partial charge in [-0.3, -0.25) is 4.98 Å². The van der Waals surface area contributed by atoms with Crippen LogP contribution in [0.25, 0.3) is 21.9 Å². The monoisotopic (exact) mass is 517 g/mol. The lowest BCUT2D eigenvalue weighted by Crippen LogP contribution is -2.41. The van der Waals surface area contributed by atoms with Crippen molar-refractivity contribution in [3.05, 3.63) is 77.4 Å². The zero-order valence-corrected chi connectivity index (χ0v) is 23.6. The van der Waals surface area contributed by atoms with Gasteiger partial charge in [0.1, 0.15) is 5.01 Å². The molecule has 37 heavy (non-hydrogen) atoms. The summed E-state index contributed by atoms with van der Waals surface area (Å²) >= 11 is 1.65. The molecule has 0 unspecified atom stereocenters. The van der Waals surface area contributed by atoms with Crippen LogP contribution in [0.3, 0.4) is 0 Å². The lowest BCUT2D eigenvalue weighted by atomic mass is 9.98. The van der Waals surface area contributed by atoms with Crippen molar-refractivity contribution in [2.24, 2.45) is 0 Å². The van der Waals surface area contributed by atoms with Gasteiger partial charge in [-0.2, -0.15) is 0 Å². The minimum absolute atomic E-state index is 0.904. The number of ether oxygens (including phenoxy) is 1. The molecule has 0 amide bonds. The molecule has 5 nitrogen and oxygen atoms in total. The third-order valence-corrected chi connectivity index (χ3v) is 7.97. The maximum Gasteiger partial charge on any atom is 0.194 e. The SMILES string of the molecule is CCCC[N+](C)(C)CCCCCCN1C(OC)=CC(=CC=Cc2nc3ccncc3s2)c2ccccc21. The molecule has 4 rings (SSSR count). The molecule has 0 spiro atoms. The van der Waals surface area contributed by atoms with E-state index in [1.807, 2.05) is 12.3 Å². The largest absolute Gasteiger partial charge is 0.482 e. The van der Waals surface area contributed by atoms with Crippen molar-refractivity contribution >= 4 is 38.9 Å². The highest BCUT2D eigenvalue weighted by atomic mass is 32.1. The Labute approximate surface area is 226 Å². The summed E-state index contributed by atoms with van der Waals surface area (Å²) in [7, 11) is 6.51. The molecule has 0 bridgehead atoms. The Bertz CT molecular complexity index is 1220. The number of fused-ring (bicyclic) bond motifs is 2. The number of hydrogen-bond acceptors (Lipinski definition) is 5. The second-order valence-electron chi connectivity index (χ2n) is 10.4. The maximum atomic E-state index is 5.86. The van der Waals surface area contributed by atoms with Crippen molar-refractivity contribution in [1.82, 2.24) is 9.97 Å². The van der Waals surface area contributed by atoms with Gasteiger partial charge in [0.25, 0.3) is 0 Å². The third-order valence-electron chi connectivity index (χ3n) is 6.99. The van der Waals surface area contributed by atoms with E-state index in [4.69, 9.17) is 4.74 Å². The molecule has 0 N–H and O–H groups in total. The molecule has 3 heterocycles. The van der Waals surface area contributed by atoms with Crippen molar-refractivity contribution in [2.45, 2.75) is 45.4 Å². The minimum atomic E-state index is 0.904. The number of para-hydroxylation sites is 1. The van der Waals surface area contributed by atoms with Crippen LogP contribution in [-0.2, 0) is 4.74 Å². The molecule has 0 aliphatic carbocycles. The fourth-order valence-corrected chi connectivity index (χ4v) is 5.71. The van der Waals surface area contributed by atoms with Crippen molar-refractivity contribution in [1.29, 1.82) is 0 Å². The number of benzene rings is 1. The number of quaternary nitrogens is 1. The first-order valence-electron chi connectivity index (χ1n) is 13.5. The molecule has 0 saturated heterocycles. The second kappa shape index (κ2) is 13.0. The standard InChI is InChI=1S/C31H41N4OS/c1-5-6-21-35(2,3)22-12-8-7-11-20-34-28-16-10-9-15-26(28)25(23-31(34)36-4)14-13-17-30-33-27-18-19-32-24-29(27)37-30/h9-10,13-19,23-24H,5-8,11-12,20-22H2,1-4H3/q+1. The van der Waals surface area contributed by atoms with Crippen LogP contribution < -0.4 is 4.90 Å². The number of hydrogen-bond donors (Lipinski definition) is 0. The second-order valence-corrected chi connectivity index (χ2v) is 11.4. The van der Waals surface area contributed by atoms with Gasteiger partial charge in [-0.05, 0) is 49.5 Å². The number of thiazole rings is 1. The van der Waals surface area contributed by atoms with Gasteiger partial charge in [0.05, 0.1) is 50.2 Å². The zero-order chi connectivity index (χ0) is 26.1. The van der Waals surface area contributed by atoms with Gasteiger partial charge < -0.3 is 14.1 Å². The van der Waals surface area contributed by atoms with Crippen LogP contribution >= 0.6 is 11.3 Å². The molecule has 1 aliphatic rings. The molecule has 3 aromatic rings. The Morgan fingerprint density at radius 2 is 1.84 bits per heavy atom. The van der Waals surface area contributed by atoms with Crippen molar-refractivity contribution in [2.75, 3.05) is 45.7 Å².